The Kier molecular flexibility index (Phi) is 10.0. The number of guanidine groups is 1. The summed E-state index contributed by atoms with van der Waals surface area (Å²) in [6.07, 6.45) is 4.27. The van der Waals surface area contributed by atoms with E-state index in [-0.39, 0.29) is 24.0 Å². The van der Waals surface area contributed by atoms with Crippen molar-refractivity contribution in [1.82, 2.24) is 10.2 Å². The Morgan fingerprint density at radius 3 is 2.79 bits per heavy atom. The zero-order valence-electron chi connectivity index (χ0n) is 15.0. The molecule has 1 aliphatic rings. The van der Waals surface area contributed by atoms with Crippen molar-refractivity contribution in [3.63, 3.8) is 0 Å². The van der Waals surface area contributed by atoms with Gasteiger partial charge in [-0.05, 0) is 37.8 Å². The molecule has 4 nitrogen and oxygen atoms in total. The minimum atomic E-state index is 0. The molecule has 0 spiro atoms. The van der Waals surface area contributed by atoms with E-state index in [9.17, 15) is 0 Å². The Bertz CT molecular complexity index is 557. The predicted octanol–water partition coefficient (Wildman–Crippen LogP) is 3.75. The van der Waals surface area contributed by atoms with Crippen LogP contribution in [-0.4, -0.2) is 44.2 Å². The average Bonchev–Trinajstić information content (AvgIpc) is 2.57. The molecular weight excluding hydrogens is 413 g/mol. The summed E-state index contributed by atoms with van der Waals surface area (Å²) in [6, 6.07) is 8.52. The van der Waals surface area contributed by atoms with Crippen molar-refractivity contribution in [2.45, 2.75) is 33.2 Å². The molecule has 0 unspecified atom stereocenters. The second kappa shape index (κ2) is 11.5. The van der Waals surface area contributed by atoms with Gasteiger partial charge in [0.1, 0.15) is 0 Å². The van der Waals surface area contributed by atoms with E-state index in [4.69, 9.17) is 9.73 Å². The topological polar surface area (TPSA) is 36.9 Å². The second-order valence-electron chi connectivity index (χ2n) is 5.96. The molecule has 24 heavy (non-hydrogen) atoms. The smallest absolute Gasteiger partial charge is 0.193 e. The molecule has 1 aromatic carbocycles. The number of nitrogens with zero attached hydrogens (tertiary/aromatic N) is 2. The first kappa shape index (κ1) is 21.0. The number of rotatable bonds is 6. The molecule has 1 aromatic rings. The number of halogens is 1. The lowest BCUT2D eigenvalue weighted by Gasteiger charge is -2.23. The van der Waals surface area contributed by atoms with Crippen LogP contribution in [-0.2, 0) is 11.3 Å². The van der Waals surface area contributed by atoms with E-state index in [0.29, 0.717) is 0 Å². The fraction of sp³-hybridized carbons (Fsp3) is 0.526. The Morgan fingerprint density at radius 2 is 2.12 bits per heavy atom. The van der Waals surface area contributed by atoms with E-state index >= 15 is 0 Å². The van der Waals surface area contributed by atoms with Crippen LogP contribution in [0, 0.1) is 6.92 Å². The maximum absolute atomic E-state index is 5.35. The van der Waals surface area contributed by atoms with Gasteiger partial charge in [0, 0.05) is 26.7 Å². The van der Waals surface area contributed by atoms with Crippen LogP contribution in [0.4, 0.5) is 0 Å². The average molecular weight is 443 g/mol. The molecule has 0 bridgehead atoms. The molecule has 0 aromatic heterocycles. The molecule has 1 heterocycles. The lowest BCUT2D eigenvalue weighted by Crippen LogP contribution is -2.38. The molecule has 0 radical (unpaired) electrons. The molecule has 0 amide bonds. The van der Waals surface area contributed by atoms with Gasteiger partial charge in [0.2, 0.25) is 0 Å². The van der Waals surface area contributed by atoms with Gasteiger partial charge >= 0.3 is 0 Å². The summed E-state index contributed by atoms with van der Waals surface area (Å²) < 4.78 is 5.35. The summed E-state index contributed by atoms with van der Waals surface area (Å²) >= 11 is 0. The molecule has 0 saturated heterocycles. The van der Waals surface area contributed by atoms with Crippen LogP contribution in [0.25, 0.3) is 0 Å². The monoisotopic (exact) mass is 443 g/mol. The third-order valence-electron chi connectivity index (χ3n) is 4.12. The van der Waals surface area contributed by atoms with Crippen LogP contribution >= 0.6 is 24.0 Å². The fourth-order valence-electron chi connectivity index (χ4n) is 2.69. The Morgan fingerprint density at radius 1 is 1.33 bits per heavy atom. The molecule has 0 atom stereocenters. The van der Waals surface area contributed by atoms with E-state index < -0.39 is 0 Å². The Balaban J connectivity index is 0.00000288. The van der Waals surface area contributed by atoms with Crippen LogP contribution in [0.2, 0.25) is 0 Å². The van der Waals surface area contributed by atoms with Crippen molar-refractivity contribution in [3.8, 4) is 0 Å². The van der Waals surface area contributed by atoms with E-state index in [1.54, 1.807) is 0 Å². The zero-order valence-corrected chi connectivity index (χ0v) is 17.4. The largest absolute Gasteiger partial charge is 0.377 e. The molecule has 2 rings (SSSR count). The number of benzene rings is 1. The first-order valence-corrected chi connectivity index (χ1v) is 8.50. The van der Waals surface area contributed by atoms with Gasteiger partial charge in [0.05, 0.1) is 13.2 Å². The minimum Gasteiger partial charge on any atom is -0.377 e. The molecular formula is C19H30IN3O. The SMILES string of the molecule is CCNC(=NCCC1=CCOCC1)N(C)Cc1ccccc1C.I. The first-order valence-electron chi connectivity index (χ1n) is 8.50. The third-order valence-corrected chi connectivity index (χ3v) is 4.12. The van der Waals surface area contributed by atoms with Crippen molar-refractivity contribution >= 4 is 29.9 Å². The van der Waals surface area contributed by atoms with E-state index in [2.05, 4.69) is 61.5 Å². The summed E-state index contributed by atoms with van der Waals surface area (Å²) in [5.41, 5.74) is 4.13. The summed E-state index contributed by atoms with van der Waals surface area (Å²) in [4.78, 5) is 6.98. The van der Waals surface area contributed by atoms with Gasteiger partial charge in [0.25, 0.3) is 0 Å². The van der Waals surface area contributed by atoms with Gasteiger partial charge in [-0.1, -0.05) is 35.9 Å². The number of aliphatic imine (C=N–C) groups is 1. The first-order chi connectivity index (χ1) is 11.2. The van der Waals surface area contributed by atoms with E-state index in [1.165, 1.54) is 16.7 Å². The van der Waals surface area contributed by atoms with Gasteiger partial charge in [-0.25, -0.2) is 0 Å². The molecule has 1 aliphatic heterocycles. The fourth-order valence-corrected chi connectivity index (χ4v) is 2.69. The highest BCUT2D eigenvalue weighted by Crippen LogP contribution is 2.12. The highest BCUT2D eigenvalue weighted by molar-refractivity contribution is 14.0. The van der Waals surface area contributed by atoms with Gasteiger partial charge in [0.15, 0.2) is 5.96 Å². The normalized spacial score (nSPS) is 14.6. The predicted molar refractivity (Wildman–Crippen MR) is 112 cm³/mol. The molecule has 1 N–H and O–H groups in total. The van der Waals surface area contributed by atoms with Gasteiger partial charge in [-0.2, -0.15) is 0 Å². The van der Waals surface area contributed by atoms with Crippen molar-refractivity contribution in [2.24, 2.45) is 4.99 Å². The minimum absolute atomic E-state index is 0. The van der Waals surface area contributed by atoms with E-state index in [1.807, 2.05) is 0 Å². The molecule has 134 valence electrons. The third kappa shape index (κ3) is 6.81. The summed E-state index contributed by atoms with van der Waals surface area (Å²) in [5, 5.41) is 3.39. The van der Waals surface area contributed by atoms with Crippen LogP contribution < -0.4 is 5.32 Å². The number of nitrogens with one attached hydrogen (secondary N) is 1. The zero-order chi connectivity index (χ0) is 16.5. The number of hydrogen-bond acceptors (Lipinski definition) is 2. The molecule has 0 aliphatic carbocycles. The number of ether oxygens (including phenoxy) is 1. The van der Waals surface area contributed by atoms with Gasteiger partial charge in [-0.3, -0.25) is 4.99 Å². The highest BCUT2D eigenvalue weighted by Gasteiger charge is 2.08. The quantitative estimate of drug-likeness (QED) is 0.315. The lowest BCUT2D eigenvalue weighted by atomic mass is 10.1. The van der Waals surface area contributed by atoms with Crippen LogP contribution in [0.15, 0.2) is 40.9 Å². The highest BCUT2D eigenvalue weighted by atomic mass is 127. The number of hydrogen-bond donors (Lipinski definition) is 1. The van der Waals surface area contributed by atoms with Gasteiger partial charge in [-0.15, -0.1) is 24.0 Å². The summed E-state index contributed by atoms with van der Waals surface area (Å²) in [5.74, 6) is 0.975. The van der Waals surface area contributed by atoms with Gasteiger partial charge < -0.3 is 15.0 Å². The maximum atomic E-state index is 5.35. The Labute approximate surface area is 163 Å². The van der Waals surface area contributed by atoms with Crippen LogP contribution in [0.3, 0.4) is 0 Å². The Hall–Kier alpha value is -1.08. The van der Waals surface area contributed by atoms with Crippen molar-refractivity contribution < 1.29 is 4.74 Å². The van der Waals surface area contributed by atoms with Crippen molar-refractivity contribution in [3.05, 3.63) is 47.0 Å². The van der Waals surface area contributed by atoms with Crippen molar-refractivity contribution in [2.75, 3.05) is 33.4 Å². The lowest BCUT2D eigenvalue weighted by molar-refractivity contribution is 0.153. The molecule has 5 heteroatoms. The molecule has 0 saturated carbocycles. The van der Waals surface area contributed by atoms with Crippen LogP contribution in [0.1, 0.15) is 30.9 Å². The maximum Gasteiger partial charge on any atom is 0.193 e. The van der Waals surface area contributed by atoms with E-state index in [0.717, 1.165) is 51.6 Å². The van der Waals surface area contributed by atoms with Crippen LogP contribution in [0.5, 0.6) is 0 Å². The second-order valence-corrected chi connectivity index (χ2v) is 5.96. The number of aryl methyl sites for hydroxylation is 1. The summed E-state index contributed by atoms with van der Waals surface area (Å²) in [6.45, 7) is 8.45. The summed E-state index contributed by atoms with van der Waals surface area (Å²) in [7, 11) is 2.10. The van der Waals surface area contributed by atoms with Crippen molar-refractivity contribution in [1.29, 1.82) is 0 Å². The molecule has 0 fully saturated rings. The standard InChI is InChI=1S/C19H29N3O.HI/c1-4-20-19(21-12-9-17-10-13-23-14-11-17)22(3)15-18-8-6-5-7-16(18)2;/h5-8,10H,4,9,11-15H2,1-3H3,(H,20,21);1H.